The van der Waals surface area contributed by atoms with Crippen LogP contribution in [0, 0.1) is 15.9 Å². The van der Waals surface area contributed by atoms with Crippen molar-refractivity contribution in [2.45, 2.75) is 6.54 Å². The Hall–Kier alpha value is -3.59. The van der Waals surface area contributed by atoms with Gasteiger partial charge in [0, 0.05) is 38.5 Å². The van der Waals surface area contributed by atoms with Crippen LogP contribution in [0.3, 0.4) is 0 Å². The molecule has 0 atom stereocenters. The molecule has 29 heavy (non-hydrogen) atoms. The molecule has 3 rings (SSSR count). The first-order valence-electron chi connectivity index (χ1n) is 8.74. The van der Waals surface area contributed by atoms with E-state index in [0.717, 1.165) is 6.07 Å². The van der Waals surface area contributed by atoms with Crippen molar-refractivity contribution >= 4 is 22.5 Å². The molecule has 0 fully saturated rings. The minimum Gasteiger partial charge on any atom is -0.383 e. The molecule has 1 N–H and O–H groups in total. The quantitative estimate of drug-likeness (QED) is 0.373. The Morgan fingerprint density at radius 2 is 2.07 bits per heavy atom. The van der Waals surface area contributed by atoms with E-state index in [1.165, 1.54) is 37.6 Å². The smallest absolute Gasteiger partial charge is 0.270 e. The highest BCUT2D eigenvalue weighted by molar-refractivity contribution is 5.97. The molecule has 0 spiro atoms. The summed E-state index contributed by atoms with van der Waals surface area (Å²) in [7, 11) is 1.48. The number of halogens is 1. The number of ether oxygens (including phenoxy) is 1. The summed E-state index contributed by atoms with van der Waals surface area (Å²) in [4.78, 5) is 35.9. The first kappa shape index (κ1) is 20.2. The van der Waals surface area contributed by atoms with Crippen molar-refractivity contribution in [3.8, 4) is 0 Å². The van der Waals surface area contributed by atoms with E-state index in [-0.39, 0.29) is 36.3 Å². The maximum absolute atomic E-state index is 13.6. The Morgan fingerprint density at radius 3 is 2.76 bits per heavy atom. The number of non-ortho nitro benzene ring substituents is 1. The van der Waals surface area contributed by atoms with Gasteiger partial charge in [-0.2, -0.15) is 0 Å². The van der Waals surface area contributed by atoms with Gasteiger partial charge in [0.25, 0.3) is 11.6 Å². The number of benzene rings is 2. The molecule has 1 amide bonds. The summed E-state index contributed by atoms with van der Waals surface area (Å²) >= 11 is 0. The highest BCUT2D eigenvalue weighted by Crippen LogP contribution is 2.20. The molecular weight excluding hydrogens is 381 g/mol. The van der Waals surface area contributed by atoms with Crippen LogP contribution in [0.25, 0.3) is 10.9 Å². The monoisotopic (exact) mass is 399 g/mol. The van der Waals surface area contributed by atoms with E-state index in [2.05, 4.69) is 5.32 Å². The van der Waals surface area contributed by atoms with Gasteiger partial charge in [0.1, 0.15) is 11.4 Å². The number of carbonyl (C=O) groups is 1. The number of rotatable bonds is 7. The largest absolute Gasteiger partial charge is 0.383 e. The van der Waals surface area contributed by atoms with Crippen LogP contribution in [-0.4, -0.2) is 35.7 Å². The lowest BCUT2D eigenvalue weighted by atomic mass is 10.1. The first-order chi connectivity index (χ1) is 13.9. The van der Waals surface area contributed by atoms with Gasteiger partial charge in [-0.05, 0) is 23.8 Å². The van der Waals surface area contributed by atoms with Crippen molar-refractivity contribution in [1.82, 2.24) is 9.88 Å². The average Bonchev–Trinajstić information content (AvgIpc) is 2.70. The van der Waals surface area contributed by atoms with Gasteiger partial charge < -0.3 is 14.6 Å². The zero-order valence-corrected chi connectivity index (χ0v) is 15.6. The summed E-state index contributed by atoms with van der Waals surface area (Å²) in [5.41, 5.74) is -0.0270. The highest BCUT2D eigenvalue weighted by atomic mass is 19.1. The topological polar surface area (TPSA) is 103 Å². The SMILES string of the molecule is COCCNC(=O)c1cn(Cc2cccc(F)c2)c2ccc([N+](=O)[O-])cc2c1=O. The summed E-state index contributed by atoms with van der Waals surface area (Å²) in [6.07, 6.45) is 1.38. The molecule has 3 aromatic rings. The van der Waals surface area contributed by atoms with E-state index in [4.69, 9.17) is 4.74 Å². The van der Waals surface area contributed by atoms with Crippen LogP contribution in [0.15, 0.2) is 53.5 Å². The summed E-state index contributed by atoms with van der Waals surface area (Å²) in [6.45, 7) is 0.638. The third kappa shape index (κ3) is 4.46. The van der Waals surface area contributed by atoms with Gasteiger partial charge >= 0.3 is 0 Å². The minimum atomic E-state index is -0.617. The van der Waals surface area contributed by atoms with E-state index in [1.807, 2.05) is 0 Å². The number of methoxy groups -OCH3 is 1. The van der Waals surface area contributed by atoms with Gasteiger partial charge in [-0.1, -0.05) is 12.1 Å². The van der Waals surface area contributed by atoms with E-state index < -0.39 is 22.1 Å². The molecule has 0 aliphatic heterocycles. The molecule has 0 aliphatic carbocycles. The highest BCUT2D eigenvalue weighted by Gasteiger charge is 2.18. The lowest BCUT2D eigenvalue weighted by Crippen LogP contribution is -2.32. The maximum atomic E-state index is 13.6. The molecule has 150 valence electrons. The van der Waals surface area contributed by atoms with Crippen molar-refractivity contribution < 1.29 is 18.8 Å². The van der Waals surface area contributed by atoms with Gasteiger partial charge in [0.2, 0.25) is 5.43 Å². The van der Waals surface area contributed by atoms with Crippen molar-refractivity contribution in [2.75, 3.05) is 20.3 Å². The fourth-order valence-electron chi connectivity index (χ4n) is 2.99. The van der Waals surface area contributed by atoms with Crippen LogP contribution in [0.5, 0.6) is 0 Å². The number of nitro benzene ring substituents is 1. The van der Waals surface area contributed by atoms with Crippen LogP contribution in [0.2, 0.25) is 0 Å². The summed E-state index contributed by atoms with van der Waals surface area (Å²) in [5.74, 6) is -1.03. The van der Waals surface area contributed by atoms with E-state index >= 15 is 0 Å². The molecule has 0 saturated carbocycles. The van der Waals surface area contributed by atoms with Gasteiger partial charge in [-0.15, -0.1) is 0 Å². The van der Waals surface area contributed by atoms with E-state index in [0.29, 0.717) is 11.1 Å². The fourth-order valence-corrected chi connectivity index (χ4v) is 2.99. The lowest BCUT2D eigenvalue weighted by molar-refractivity contribution is -0.384. The number of nitrogens with zero attached hydrogens (tertiary/aromatic N) is 2. The number of nitrogens with one attached hydrogen (secondary N) is 1. The zero-order valence-electron chi connectivity index (χ0n) is 15.6. The summed E-state index contributed by atoms with van der Waals surface area (Å²) < 4.78 is 20.0. The normalized spacial score (nSPS) is 10.8. The van der Waals surface area contributed by atoms with Crippen LogP contribution in [0.4, 0.5) is 10.1 Å². The Kier molecular flexibility index (Phi) is 5.99. The molecule has 0 saturated heterocycles. The number of aromatic nitrogens is 1. The molecule has 8 nitrogen and oxygen atoms in total. The van der Waals surface area contributed by atoms with Crippen LogP contribution in [0.1, 0.15) is 15.9 Å². The number of nitro groups is 1. The molecule has 9 heteroatoms. The lowest BCUT2D eigenvalue weighted by Gasteiger charge is -2.14. The van der Waals surface area contributed by atoms with Crippen molar-refractivity contribution in [2.24, 2.45) is 0 Å². The molecular formula is C20H18FN3O5. The van der Waals surface area contributed by atoms with Crippen molar-refractivity contribution in [1.29, 1.82) is 0 Å². The third-order valence-electron chi connectivity index (χ3n) is 4.35. The predicted molar refractivity (Wildman–Crippen MR) is 105 cm³/mol. The second-order valence-electron chi connectivity index (χ2n) is 6.34. The Balaban J connectivity index is 2.14. The molecule has 2 aromatic carbocycles. The number of hydrogen-bond donors (Lipinski definition) is 1. The molecule has 0 aliphatic rings. The van der Waals surface area contributed by atoms with Gasteiger partial charge in [-0.3, -0.25) is 19.7 Å². The van der Waals surface area contributed by atoms with Crippen LogP contribution >= 0.6 is 0 Å². The fraction of sp³-hybridized carbons (Fsp3) is 0.200. The standard InChI is InChI=1S/C20H18FN3O5/c1-29-8-7-22-20(26)17-12-23(11-13-3-2-4-14(21)9-13)18-6-5-15(24(27)28)10-16(18)19(17)25/h2-6,9-10,12H,7-8,11H2,1H3,(H,22,26). The average molecular weight is 399 g/mol. The van der Waals surface area contributed by atoms with Crippen LogP contribution < -0.4 is 10.7 Å². The second-order valence-corrected chi connectivity index (χ2v) is 6.34. The second kappa shape index (κ2) is 8.61. The third-order valence-corrected chi connectivity index (χ3v) is 4.35. The molecule has 1 aromatic heterocycles. The predicted octanol–water partition coefficient (Wildman–Crippen LogP) is 2.47. The van der Waals surface area contributed by atoms with E-state index in [1.54, 1.807) is 16.7 Å². The van der Waals surface area contributed by atoms with Crippen molar-refractivity contribution in [3.63, 3.8) is 0 Å². The van der Waals surface area contributed by atoms with Gasteiger partial charge in [0.15, 0.2) is 0 Å². The molecule has 1 heterocycles. The molecule has 0 radical (unpaired) electrons. The van der Waals surface area contributed by atoms with E-state index in [9.17, 15) is 24.1 Å². The Bertz CT molecular complexity index is 1140. The first-order valence-corrected chi connectivity index (χ1v) is 8.74. The maximum Gasteiger partial charge on any atom is 0.270 e. The number of fused-ring (bicyclic) bond motifs is 1. The molecule has 0 unspecified atom stereocenters. The number of pyridine rings is 1. The molecule has 0 bridgehead atoms. The Morgan fingerprint density at radius 1 is 1.28 bits per heavy atom. The summed E-state index contributed by atoms with van der Waals surface area (Å²) in [6, 6.07) is 9.78. The van der Waals surface area contributed by atoms with Crippen LogP contribution in [-0.2, 0) is 11.3 Å². The number of amides is 1. The Labute approximate surface area is 164 Å². The van der Waals surface area contributed by atoms with Crippen molar-refractivity contribution in [3.05, 3.63) is 85.9 Å². The van der Waals surface area contributed by atoms with Gasteiger partial charge in [0.05, 0.1) is 22.4 Å². The summed E-state index contributed by atoms with van der Waals surface area (Å²) in [5, 5.41) is 13.7. The number of hydrogen-bond acceptors (Lipinski definition) is 5. The minimum absolute atomic E-state index is 0.0370. The number of carbonyl (C=O) groups excluding carboxylic acids is 1. The zero-order chi connectivity index (χ0) is 21.0. The van der Waals surface area contributed by atoms with Gasteiger partial charge in [-0.25, -0.2) is 4.39 Å².